The van der Waals surface area contributed by atoms with Gasteiger partial charge < -0.3 is 19.0 Å². The van der Waals surface area contributed by atoms with Gasteiger partial charge in [0.15, 0.2) is 0 Å². The number of carbonyl (C=O) groups is 2. The van der Waals surface area contributed by atoms with E-state index < -0.39 is 5.97 Å². The zero-order valence-electron chi connectivity index (χ0n) is 14.9. The average Bonchev–Trinajstić information content (AvgIpc) is 3.09. The van der Waals surface area contributed by atoms with Gasteiger partial charge >= 0.3 is 11.9 Å². The van der Waals surface area contributed by atoms with Crippen molar-refractivity contribution in [2.45, 2.75) is 19.8 Å². The molecule has 1 heterocycles. The van der Waals surface area contributed by atoms with Gasteiger partial charge in [-0.3, -0.25) is 4.79 Å². The fourth-order valence-corrected chi connectivity index (χ4v) is 2.74. The van der Waals surface area contributed by atoms with Crippen LogP contribution in [0.15, 0.2) is 52.9 Å². The van der Waals surface area contributed by atoms with E-state index in [9.17, 15) is 9.59 Å². The fraction of sp³-hybridized carbons (Fsp3) is 0.238. The number of aromatic carboxylic acids is 1. The third kappa shape index (κ3) is 4.47. The van der Waals surface area contributed by atoms with Gasteiger partial charge in [0.1, 0.15) is 17.1 Å². The highest BCUT2D eigenvalue weighted by Gasteiger charge is 2.13. The number of hydrogen-bond donors (Lipinski definition) is 1. The predicted molar refractivity (Wildman–Crippen MR) is 100.0 cm³/mol. The zero-order chi connectivity index (χ0) is 19.2. The topological polar surface area (TPSA) is 86.0 Å². The van der Waals surface area contributed by atoms with Gasteiger partial charge in [0.25, 0.3) is 0 Å². The van der Waals surface area contributed by atoms with Crippen LogP contribution in [0.5, 0.6) is 5.75 Å². The molecular formula is C21H20O6. The molecule has 6 nitrogen and oxygen atoms in total. The van der Waals surface area contributed by atoms with E-state index in [0.717, 1.165) is 5.56 Å². The lowest BCUT2D eigenvalue weighted by molar-refractivity contribution is -0.143. The molecule has 3 rings (SSSR count). The zero-order valence-corrected chi connectivity index (χ0v) is 14.9. The van der Waals surface area contributed by atoms with Crippen LogP contribution in [0, 0.1) is 0 Å². The second kappa shape index (κ2) is 8.40. The molecule has 3 aromatic rings. The Balaban J connectivity index is 1.76. The van der Waals surface area contributed by atoms with Crippen molar-refractivity contribution in [3.05, 3.63) is 54.1 Å². The van der Waals surface area contributed by atoms with Crippen molar-refractivity contribution in [3.63, 3.8) is 0 Å². The Bertz CT molecular complexity index is 956. The van der Waals surface area contributed by atoms with Crippen molar-refractivity contribution in [2.75, 3.05) is 13.2 Å². The Hall–Kier alpha value is -3.28. The number of carbonyl (C=O) groups excluding carboxylic acids is 1. The van der Waals surface area contributed by atoms with Gasteiger partial charge in [-0.25, -0.2) is 4.79 Å². The Morgan fingerprint density at radius 1 is 1.11 bits per heavy atom. The van der Waals surface area contributed by atoms with E-state index in [1.807, 2.05) is 24.3 Å². The highest BCUT2D eigenvalue weighted by molar-refractivity contribution is 5.94. The first kappa shape index (κ1) is 18.5. The normalized spacial score (nSPS) is 10.7. The quantitative estimate of drug-likeness (QED) is 0.465. The molecule has 0 atom stereocenters. The van der Waals surface area contributed by atoms with Gasteiger partial charge in [0, 0.05) is 11.8 Å². The third-order valence-corrected chi connectivity index (χ3v) is 4.00. The number of hydrogen-bond acceptors (Lipinski definition) is 5. The molecule has 0 aliphatic heterocycles. The summed E-state index contributed by atoms with van der Waals surface area (Å²) in [6, 6.07) is 14.0. The third-order valence-electron chi connectivity index (χ3n) is 4.00. The first-order chi connectivity index (χ1) is 13.1. The van der Waals surface area contributed by atoms with E-state index in [-0.39, 0.29) is 11.5 Å². The van der Waals surface area contributed by atoms with Gasteiger partial charge in [-0.1, -0.05) is 12.1 Å². The Labute approximate surface area is 156 Å². The maximum absolute atomic E-state index is 11.4. The van der Waals surface area contributed by atoms with Gasteiger partial charge in [0.05, 0.1) is 24.3 Å². The summed E-state index contributed by atoms with van der Waals surface area (Å²) >= 11 is 0. The summed E-state index contributed by atoms with van der Waals surface area (Å²) in [4.78, 5) is 22.5. The summed E-state index contributed by atoms with van der Waals surface area (Å²) < 4.78 is 16.6. The lowest BCUT2D eigenvalue weighted by Crippen LogP contribution is -2.07. The van der Waals surface area contributed by atoms with Crippen LogP contribution >= 0.6 is 0 Å². The van der Waals surface area contributed by atoms with Crippen molar-refractivity contribution in [1.82, 2.24) is 0 Å². The minimum Gasteiger partial charge on any atom is -0.493 e. The van der Waals surface area contributed by atoms with Crippen LogP contribution < -0.4 is 4.74 Å². The Kier molecular flexibility index (Phi) is 5.76. The monoisotopic (exact) mass is 368 g/mol. The molecule has 0 fully saturated rings. The molecule has 1 N–H and O–H groups in total. The predicted octanol–water partition coefficient (Wildman–Crippen LogP) is 4.52. The summed E-state index contributed by atoms with van der Waals surface area (Å²) in [7, 11) is 0. The summed E-state index contributed by atoms with van der Waals surface area (Å²) in [6.45, 7) is 2.52. The second-order valence-corrected chi connectivity index (χ2v) is 5.92. The van der Waals surface area contributed by atoms with Gasteiger partial charge in [0.2, 0.25) is 0 Å². The molecule has 140 valence electrons. The molecule has 0 saturated heterocycles. The second-order valence-electron chi connectivity index (χ2n) is 5.92. The van der Waals surface area contributed by atoms with Crippen LogP contribution in [0.25, 0.3) is 22.3 Å². The summed E-state index contributed by atoms with van der Waals surface area (Å²) in [6.07, 6.45) is 0.855. The smallest absolute Gasteiger partial charge is 0.335 e. The van der Waals surface area contributed by atoms with E-state index in [1.54, 1.807) is 25.1 Å². The maximum Gasteiger partial charge on any atom is 0.335 e. The van der Waals surface area contributed by atoms with E-state index in [0.29, 0.717) is 48.5 Å². The highest BCUT2D eigenvalue weighted by atomic mass is 16.5. The van der Waals surface area contributed by atoms with Crippen molar-refractivity contribution in [2.24, 2.45) is 0 Å². The molecule has 0 aliphatic carbocycles. The van der Waals surface area contributed by atoms with Crippen LogP contribution in [-0.2, 0) is 9.53 Å². The van der Waals surface area contributed by atoms with Crippen molar-refractivity contribution in [3.8, 4) is 17.1 Å². The van der Waals surface area contributed by atoms with Gasteiger partial charge in [-0.15, -0.1) is 0 Å². The van der Waals surface area contributed by atoms with Crippen LogP contribution in [0.3, 0.4) is 0 Å². The summed E-state index contributed by atoms with van der Waals surface area (Å²) in [5, 5.41) is 9.83. The molecule has 0 amide bonds. The summed E-state index contributed by atoms with van der Waals surface area (Å²) in [5.74, 6) is 0.0123. The number of fused-ring (bicyclic) bond motifs is 1. The lowest BCUT2D eigenvalue weighted by Gasteiger charge is -2.09. The highest BCUT2D eigenvalue weighted by Crippen LogP contribution is 2.34. The van der Waals surface area contributed by atoms with Crippen molar-refractivity contribution in [1.29, 1.82) is 0 Å². The molecule has 0 unspecified atom stereocenters. The Morgan fingerprint density at radius 2 is 1.93 bits per heavy atom. The number of carboxylic acid groups (broad SMARTS) is 1. The standard InChI is InChI=1S/C21H20O6/c1-2-25-20(22)8-5-11-26-18-7-4-3-6-16(18)19-13-15-12-14(21(23)24)9-10-17(15)27-19/h3-4,6-7,9-10,12-13H,2,5,8,11H2,1H3,(H,23,24). The minimum absolute atomic E-state index is 0.207. The van der Waals surface area contributed by atoms with Gasteiger partial charge in [-0.2, -0.15) is 0 Å². The molecule has 0 aliphatic rings. The fourth-order valence-electron chi connectivity index (χ4n) is 2.74. The number of ether oxygens (including phenoxy) is 2. The molecule has 0 bridgehead atoms. The molecule has 6 heteroatoms. The largest absolute Gasteiger partial charge is 0.493 e. The van der Waals surface area contributed by atoms with Crippen LogP contribution in [-0.4, -0.2) is 30.3 Å². The van der Waals surface area contributed by atoms with E-state index in [2.05, 4.69) is 0 Å². The number of rotatable bonds is 8. The van der Waals surface area contributed by atoms with Crippen molar-refractivity contribution < 1.29 is 28.6 Å². The molecule has 2 aromatic carbocycles. The first-order valence-corrected chi connectivity index (χ1v) is 8.73. The summed E-state index contributed by atoms with van der Waals surface area (Å²) in [5.41, 5.74) is 1.58. The molecule has 0 saturated carbocycles. The number of esters is 1. The first-order valence-electron chi connectivity index (χ1n) is 8.73. The number of carboxylic acids is 1. The number of furan rings is 1. The Morgan fingerprint density at radius 3 is 2.70 bits per heavy atom. The van der Waals surface area contributed by atoms with Crippen LogP contribution in [0.1, 0.15) is 30.1 Å². The van der Waals surface area contributed by atoms with E-state index in [1.165, 1.54) is 6.07 Å². The minimum atomic E-state index is -0.981. The average molecular weight is 368 g/mol. The molecular weight excluding hydrogens is 348 g/mol. The van der Waals surface area contributed by atoms with Crippen molar-refractivity contribution >= 4 is 22.9 Å². The van der Waals surface area contributed by atoms with Gasteiger partial charge in [-0.05, 0) is 49.7 Å². The molecule has 27 heavy (non-hydrogen) atoms. The SMILES string of the molecule is CCOC(=O)CCCOc1ccccc1-c1cc2cc(C(=O)O)ccc2o1. The number of para-hydroxylation sites is 1. The van der Waals surface area contributed by atoms with E-state index in [4.69, 9.17) is 19.0 Å². The number of benzene rings is 2. The van der Waals surface area contributed by atoms with Crippen LogP contribution in [0.2, 0.25) is 0 Å². The molecule has 0 spiro atoms. The molecule has 0 radical (unpaired) electrons. The van der Waals surface area contributed by atoms with E-state index >= 15 is 0 Å². The maximum atomic E-state index is 11.4. The van der Waals surface area contributed by atoms with Crippen LogP contribution in [0.4, 0.5) is 0 Å². The lowest BCUT2D eigenvalue weighted by atomic mass is 10.1. The molecule has 1 aromatic heterocycles.